The fraction of sp³-hybridized carbons (Fsp3) is 0.391. The van der Waals surface area contributed by atoms with Crippen LogP contribution in [0.3, 0.4) is 0 Å². The maximum Gasteiger partial charge on any atom is 0.238 e. The summed E-state index contributed by atoms with van der Waals surface area (Å²) < 4.78 is 5.44. The second-order valence-electron chi connectivity index (χ2n) is 8.19. The van der Waals surface area contributed by atoms with Crippen molar-refractivity contribution in [3.63, 3.8) is 0 Å². The molecule has 0 aromatic heterocycles. The summed E-state index contributed by atoms with van der Waals surface area (Å²) in [7, 11) is 1.56. The summed E-state index contributed by atoms with van der Waals surface area (Å²) >= 11 is 0. The number of ketones is 1. The highest BCUT2D eigenvalue weighted by atomic mass is 16.5. The van der Waals surface area contributed by atoms with E-state index in [2.05, 4.69) is 0 Å². The van der Waals surface area contributed by atoms with Crippen molar-refractivity contribution >= 4 is 17.4 Å². The average molecular weight is 381 g/mol. The standard InChI is InChI=1S/C23H27NO4/c1-14-9-8-10-16(20(14)25)21(26)19-22(27)24(15(2)13-23(19,3)4)17-11-6-7-12-18(17)28-5/h6-12,15,19,25H,13H2,1-5H3. The maximum absolute atomic E-state index is 13.6. The zero-order chi connectivity index (χ0) is 20.6. The minimum atomic E-state index is -0.888. The van der Waals surface area contributed by atoms with Crippen LogP contribution in [0.15, 0.2) is 42.5 Å². The van der Waals surface area contributed by atoms with Gasteiger partial charge in [0.25, 0.3) is 0 Å². The lowest BCUT2D eigenvalue weighted by Gasteiger charge is -2.46. The molecule has 2 aromatic rings. The first-order valence-electron chi connectivity index (χ1n) is 9.48. The second kappa shape index (κ2) is 7.30. The molecule has 148 valence electrons. The zero-order valence-electron chi connectivity index (χ0n) is 17.0. The molecule has 28 heavy (non-hydrogen) atoms. The lowest BCUT2D eigenvalue weighted by molar-refractivity contribution is -0.127. The van der Waals surface area contributed by atoms with Gasteiger partial charge in [-0.1, -0.05) is 38.1 Å². The van der Waals surface area contributed by atoms with Crippen molar-refractivity contribution in [2.24, 2.45) is 11.3 Å². The van der Waals surface area contributed by atoms with Crippen LogP contribution in [0.1, 0.15) is 43.1 Å². The molecule has 0 saturated carbocycles. The highest BCUT2D eigenvalue weighted by Gasteiger charge is 2.50. The number of Topliss-reactive ketones (excluding diaryl/α,β-unsaturated/α-hetero) is 1. The lowest BCUT2D eigenvalue weighted by atomic mass is 9.67. The molecular weight excluding hydrogens is 354 g/mol. The van der Waals surface area contributed by atoms with E-state index in [1.54, 1.807) is 43.2 Å². The molecule has 2 atom stereocenters. The number of phenols is 1. The Morgan fingerprint density at radius 3 is 2.54 bits per heavy atom. The van der Waals surface area contributed by atoms with Gasteiger partial charge in [0.05, 0.1) is 18.4 Å². The molecule has 2 aromatic carbocycles. The van der Waals surface area contributed by atoms with Gasteiger partial charge in [0, 0.05) is 6.04 Å². The number of anilines is 1. The number of carbonyl (C=O) groups is 2. The molecule has 1 saturated heterocycles. The fourth-order valence-corrected chi connectivity index (χ4v) is 4.33. The highest BCUT2D eigenvalue weighted by molar-refractivity contribution is 6.17. The molecule has 1 amide bonds. The summed E-state index contributed by atoms with van der Waals surface area (Å²) in [4.78, 5) is 28.7. The van der Waals surface area contributed by atoms with E-state index < -0.39 is 11.3 Å². The Morgan fingerprint density at radius 1 is 1.18 bits per heavy atom. The van der Waals surface area contributed by atoms with Gasteiger partial charge < -0.3 is 14.7 Å². The molecule has 0 aliphatic carbocycles. The predicted octanol–water partition coefficient (Wildman–Crippen LogP) is 4.36. The normalized spacial score (nSPS) is 21.5. The van der Waals surface area contributed by atoms with Crippen molar-refractivity contribution in [3.8, 4) is 11.5 Å². The van der Waals surface area contributed by atoms with Gasteiger partial charge in [-0.15, -0.1) is 0 Å². The smallest absolute Gasteiger partial charge is 0.238 e. The van der Waals surface area contributed by atoms with E-state index in [0.717, 1.165) is 0 Å². The predicted molar refractivity (Wildman–Crippen MR) is 109 cm³/mol. The van der Waals surface area contributed by atoms with Crippen molar-refractivity contribution in [1.82, 2.24) is 0 Å². The van der Waals surface area contributed by atoms with E-state index in [-0.39, 0.29) is 29.0 Å². The van der Waals surface area contributed by atoms with E-state index in [9.17, 15) is 14.7 Å². The van der Waals surface area contributed by atoms with Crippen LogP contribution in [0.25, 0.3) is 0 Å². The topological polar surface area (TPSA) is 66.8 Å². The van der Waals surface area contributed by atoms with Crippen LogP contribution in [0.2, 0.25) is 0 Å². The largest absolute Gasteiger partial charge is 0.507 e. The van der Waals surface area contributed by atoms with Gasteiger partial charge >= 0.3 is 0 Å². The lowest BCUT2D eigenvalue weighted by Crippen LogP contribution is -2.56. The van der Waals surface area contributed by atoms with E-state index in [1.165, 1.54) is 0 Å². The Labute approximate surface area is 165 Å². The van der Waals surface area contributed by atoms with Gasteiger partial charge in [0.15, 0.2) is 5.78 Å². The molecule has 0 spiro atoms. The van der Waals surface area contributed by atoms with Crippen LogP contribution < -0.4 is 9.64 Å². The third-order valence-electron chi connectivity index (χ3n) is 5.64. The van der Waals surface area contributed by atoms with Crippen LogP contribution in [-0.4, -0.2) is 29.9 Å². The fourth-order valence-electron chi connectivity index (χ4n) is 4.33. The van der Waals surface area contributed by atoms with Crippen molar-refractivity contribution in [1.29, 1.82) is 0 Å². The van der Waals surface area contributed by atoms with E-state index in [4.69, 9.17) is 4.74 Å². The van der Waals surface area contributed by atoms with Gasteiger partial charge in [0.2, 0.25) is 5.91 Å². The molecule has 2 unspecified atom stereocenters. The van der Waals surface area contributed by atoms with Crippen molar-refractivity contribution in [2.75, 3.05) is 12.0 Å². The number of aryl methyl sites for hydroxylation is 1. The number of ether oxygens (including phenoxy) is 1. The Hall–Kier alpha value is -2.82. The minimum absolute atomic E-state index is 0.0569. The number of rotatable bonds is 4. The molecule has 1 heterocycles. The third kappa shape index (κ3) is 3.26. The Bertz CT molecular complexity index is 919. The van der Waals surface area contributed by atoms with Gasteiger partial charge in [-0.2, -0.15) is 0 Å². The molecule has 1 fully saturated rings. The molecule has 5 heteroatoms. The average Bonchev–Trinajstić information content (AvgIpc) is 2.63. The number of hydrogen-bond donors (Lipinski definition) is 1. The van der Waals surface area contributed by atoms with Crippen LogP contribution >= 0.6 is 0 Å². The van der Waals surface area contributed by atoms with Crippen LogP contribution in [-0.2, 0) is 4.79 Å². The number of benzene rings is 2. The summed E-state index contributed by atoms with van der Waals surface area (Å²) in [6.07, 6.45) is 0.653. The first kappa shape index (κ1) is 19.9. The Morgan fingerprint density at radius 2 is 1.86 bits per heavy atom. The number of hydrogen-bond acceptors (Lipinski definition) is 4. The monoisotopic (exact) mass is 381 g/mol. The quantitative estimate of drug-likeness (QED) is 0.631. The molecule has 1 N–H and O–H groups in total. The zero-order valence-corrected chi connectivity index (χ0v) is 17.0. The van der Waals surface area contributed by atoms with Gasteiger partial charge in [-0.05, 0) is 49.4 Å². The van der Waals surface area contributed by atoms with Gasteiger partial charge in [0.1, 0.15) is 17.4 Å². The molecule has 1 aliphatic rings. The molecule has 0 bridgehead atoms. The third-order valence-corrected chi connectivity index (χ3v) is 5.64. The summed E-state index contributed by atoms with van der Waals surface area (Å²) in [6.45, 7) is 7.60. The Kier molecular flexibility index (Phi) is 5.20. The summed E-state index contributed by atoms with van der Waals surface area (Å²) in [5.74, 6) is -0.964. The Balaban J connectivity index is 2.08. The number of amides is 1. The second-order valence-corrected chi connectivity index (χ2v) is 8.19. The SMILES string of the molecule is COc1ccccc1N1C(=O)C(C(=O)c2cccc(C)c2O)C(C)(C)CC1C. The van der Waals surface area contributed by atoms with Crippen molar-refractivity contribution < 1.29 is 19.4 Å². The first-order valence-corrected chi connectivity index (χ1v) is 9.48. The summed E-state index contributed by atoms with van der Waals surface area (Å²) in [6, 6.07) is 12.3. The minimum Gasteiger partial charge on any atom is -0.507 e. The van der Waals surface area contributed by atoms with E-state index >= 15 is 0 Å². The van der Waals surface area contributed by atoms with Crippen molar-refractivity contribution in [2.45, 2.75) is 40.2 Å². The molecular formula is C23H27NO4. The van der Waals surface area contributed by atoms with E-state index in [0.29, 0.717) is 23.4 Å². The number of nitrogens with zero attached hydrogens (tertiary/aromatic N) is 1. The van der Waals surface area contributed by atoms with Crippen molar-refractivity contribution in [3.05, 3.63) is 53.6 Å². The molecule has 1 aliphatic heterocycles. The summed E-state index contributed by atoms with van der Waals surface area (Å²) in [5.41, 5.74) is 0.925. The van der Waals surface area contributed by atoms with Crippen LogP contribution in [0.5, 0.6) is 11.5 Å². The molecule has 5 nitrogen and oxygen atoms in total. The number of phenolic OH excluding ortho intramolecular Hbond substituents is 1. The number of piperidine rings is 1. The molecule has 0 radical (unpaired) electrons. The number of carbonyl (C=O) groups excluding carboxylic acids is 2. The van der Waals surface area contributed by atoms with Gasteiger partial charge in [-0.25, -0.2) is 0 Å². The van der Waals surface area contributed by atoms with Crippen LogP contribution in [0.4, 0.5) is 5.69 Å². The van der Waals surface area contributed by atoms with Crippen LogP contribution in [0, 0.1) is 18.3 Å². The van der Waals surface area contributed by atoms with Gasteiger partial charge in [-0.3, -0.25) is 9.59 Å². The first-order chi connectivity index (χ1) is 13.2. The highest BCUT2D eigenvalue weighted by Crippen LogP contribution is 2.45. The van der Waals surface area contributed by atoms with E-state index in [1.807, 2.05) is 39.0 Å². The number of aromatic hydroxyl groups is 1. The number of para-hydroxylation sites is 3. The molecule has 3 rings (SSSR count). The summed E-state index contributed by atoms with van der Waals surface area (Å²) in [5, 5.41) is 10.4. The maximum atomic E-state index is 13.6. The number of methoxy groups -OCH3 is 1.